The highest BCUT2D eigenvalue weighted by molar-refractivity contribution is 5.95. The standard InChI is InChI=1S/C28H36O7/c1-14(29)34-22-13-19-26(4)10-9-20(30)25(2,3)18(26)12-21(31)28(19,6)17-8-7-16(27(17,22)5)15-11-23(32)35-24(15)33/h8-11,16,18-19,21-22,24,31,33H,7,12-13H2,1-6H3. The number of aliphatic hydroxyl groups excluding tert-OH is 2. The van der Waals surface area contributed by atoms with E-state index in [0.29, 0.717) is 24.8 Å². The maximum Gasteiger partial charge on any atom is 0.333 e. The molecule has 0 aromatic rings. The van der Waals surface area contributed by atoms with Crippen LogP contribution in [0.3, 0.4) is 0 Å². The molecule has 0 radical (unpaired) electrons. The van der Waals surface area contributed by atoms with Crippen LogP contribution in [0, 0.1) is 39.4 Å². The van der Waals surface area contributed by atoms with Crippen molar-refractivity contribution in [2.75, 3.05) is 0 Å². The van der Waals surface area contributed by atoms with Gasteiger partial charge in [0.05, 0.1) is 6.10 Å². The summed E-state index contributed by atoms with van der Waals surface area (Å²) in [6, 6.07) is 0. The highest BCUT2D eigenvalue weighted by Gasteiger charge is 2.70. The summed E-state index contributed by atoms with van der Waals surface area (Å²) in [4.78, 5) is 37.1. The first-order valence-corrected chi connectivity index (χ1v) is 12.6. The highest BCUT2D eigenvalue weighted by atomic mass is 16.6. The average Bonchev–Trinajstić information content (AvgIpc) is 3.28. The van der Waals surface area contributed by atoms with Crippen molar-refractivity contribution in [3.63, 3.8) is 0 Å². The summed E-state index contributed by atoms with van der Waals surface area (Å²) in [5.74, 6) is -1.37. The lowest BCUT2D eigenvalue weighted by Gasteiger charge is -2.67. The fourth-order valence-corrected chi connectivity index (χ4v) is 8.75. The van der Waals surface area contributed by atoms with Crippen LogP contribution in [0.2, 0.25) is 0 Å². The van der Waals surface area contributed by atoms with Crippen molar-refractivity contribution in [2.24, 2.45) is 39.4 Å². The number of hydrogen-bond donors (Lipinski definition) is 2. The first kappa shape index (κ1) is 24.4. The molecule has 7 nitrogen and oxygen atoms in total. The molecule has 2 saturated carbocycles. The van der Waals surface area contributed by atoms with Gasteiger partial charge in [-0.1, -0.05) is 52.3 Å². The Kier molecular flexibility index (Phi) is 5.16. The van der Waals surface area contributed by atoms with Gasteiger partial charge in [-0.2, -0.15) is 0 Å². The summed E-state index contributed by atoms with van der Waals surface area (Å²) in [6.45, 7) is 11.6. The predicted octanol–water partition coefficient (Wildman–Crippen LogP) is 3.25. The summed E-state index contributed by atoms with van der Waals surface area (Å²) < 4.78 is 11.0. The molecule has 0 aromatic heterocycles. The van der Waals surface area contributed by atoms with Gasteiger partial charge in [-0.3, -0.25) is 9.59 Å². The van der Waals surface area contributed by atoms with E-state index in [4.69, 9.17) is 9.47 Å². The number of rotatable bonds is 2. The van der Waals surface area contributed by atoms with Crippen molar-refractivity contribution in [2.45, 2.75) is 79.3 Å². The summed E-state index contributed by atoms with van der Waals surface area (Å²) >= 11 is 0. The maximum absolute atomic E-state index is 12.8. The molecule has 190 valence electrons. The van der Waals surface area contributed by atoms with Crippen LogP contribution in [0.1, 0.15) is 60.8 Å². The zero-order valence-corrected chi connectivity index (χ0v) is 21.3. The van der Waals surface area contributed by atoms with Gasteiger partial charge in [0, 0.05) is 40.7 Å². The van der Waals surface area contributed by atoms with Crippen LogP contribution in [0.4, 0.5) is 0 Å². The SMILES string of the molecule is CC(=O)OC1CC2C3(C)C=CC(=O)C(C)(C)C3CC(O)C2(C)C2=CCC(C3=CC(=O)OC3O)C21C. The topological polar surface area (TPSA) is 110 Å². The average molecular weight is 485 g/mol. The molecule has 7 heteroatoms. The van der Waals surface area contributed by atoms with Crippen LogP contribution in [0.15, 0.2) is 35.5 Å². The van der Waals surface area contributed by atoms with Crippen molar-refractivity contribution in [3.05, 3.63) is 35.5 Å². The van der Waals surface area contributed by atoms with Gasteiger partial charge in [0.1, 0.15) is 6.10 Å². The number of allylic oxidation sites excluding steroid dienone is 3. The van der Waals surface area contributed by atoms with E-state index < -0.39 is 52.1 Å². The number of carbonyl (C=O) groups excluding carboxylic acids is 3. The number of aliphatic hydroxyl groups is 2. The van der Waals surface area contributed by atoms with Crippen LogP contribution in [0.5, 0.6) is 0 Å². The zero-order valence-electron chi connectivity index (χ0n) is 21.3. The van der Waals surface area contributed by atoms with Crippen molar-refractivity contribution >= 4 is 17.7 Å². The number of carbonyl (C=O) groups is 3. The fraction of sp³-hybridized carbons (Fsp3) is 0.679. The summed E-state index contributed by atoms with van der Waals surface area (Å²) in [5, 5.41) is 22.3. The largest absolute Gasteiger partial charge is 0.462 e. The molecule has 5 rings (SSSR count). The molecule has 1 heterocycles. The van der Waals surface area contributed by atoms with Gasteiger partial charge < -0.3 is 19.7 Å². The van der Waals surface area contributed by atoms with Gasteiger partial charge in [0.2, 0.25) is 6.29 Å². The Hall–Kier alpha value is -2.25. The molecular formula is C28H36O7. The Bertz CT molecular complexity index is 1100. The number of ether oxygens (including phenoxy) is 2. The Morgan fingerprint density at radius 2 is 1.74 bits per heavy atom. The Morgan fingerprint density at radius 3 is 2.34 bits per heavy atom. The van der Waals surface area contributed by atoms with Gasteiger partial charge in [-0.25, -0.2) is 4.79 Å². The molecule has 0 saturated heterocycles. The lowest BCUT2D eigenvalue weighted by atomic mass is 9.38. The van der Waals surface area contributed by atoms with E-state index in [9.17, 15) is 24.6 Å². The second kappa shape index (κ2) is 7.39. The second-order valence-electron chi connectivity index (χ2n) is 12.4. The van der Waals surface area contributed by atoms with Gasteiger partial charge in [0.15, 0.2) is 5.78 Å². The van der Waals surface area contributed by atoms with Crippen LogP contribution < -0.4 is 0 Å². The van der Waals surface area contributed by atoms with Crippen molar-refractivity contribution in [1.29, 1.82) is 0 Å². The quantitative estimate of drug-likeness (QED) is 0.457. The number of fused-ring (bicyclic) bond motifs is 5. The molecule has 2 fully saturated rings. The van der Waals surface area contributed by atoms with Crippen molar-refractivity contribution in [1.82, 2.24) is 0 Å². The van der Waals surface area contributed by atoms with Crippen LogP contribution in [0.25, 0.3) is 0 Å². The Labute approximate surface area is 206 Å². The molecule has 0 spiro atoms. The molecule has 1 aliphatic heterocycles. The summed E-state index contributed by atoms with van der Waals surface area (Å²) in [7, 11) is 0. The molecular weight excluding hydrogens is 448 g/mol. The first-order chi connectivity index (χ1) is 16.2. The minimum absolute atomic E-state index is 0.0638. The van der Waals surface area contributed by atoms with Crippen LogP contribution in [-0.2, 0) is 23.9 Å². The third-order valence-electron chi connectivity index (χ3n) is 10.5. The molecule has 35 heavy (non-hydrogen) atoms. The van der Waals surface area contributed by atoms with E-state index in [1.165, 1.54) is 13.0 Å². The van der Waals surface area contributed by atoms with Gasteiger partial charge in [-0.05, 0) is 42.6 Å². The highest BCUT2D eigenvalue weighted by Crippen LogP contribution is 2.72. The zero-order chi connectivity index (χ0) is 25.7. The molecule has 9 unspecified atom stereocenters. The third kappa shape index (κ3) is 3.00. The first-order valence-electron chi connectivity index (χ1n) is 12.6. The normalized spacial score (nSPS) is 47.8. The molecule has 2 N–H and O–H groups in total. The number of cyclic esters (lactones) is 1. The monoisotopic (exact) mass is 484 g/mol. The van der Waals surface area contributed by atoms with Gasteiger partial charge >= 0.3 is 11.9 Å². The lowest BCUT2D eigenvalue weighted by molar-refractivity contribution is -0.193. The van der Waals surface area contributed by atoms with Crippen LogP contribution in [-0.4, -0.2) is 46.4 Å². The smallest absolute Gasteiger partial charge is 0.333 e. The molecule has 5 aliphatic rings. The van der Waals surface area contributed by atoms with E-state index in [1.807, 2.05) is 26.8 Å². The Morgan fingerprint density at radius 1 is 1.06 bits per heavy atom. The number of hydrogen-bond acceptors (Lipinski definition) is 7. The molecule has 0 amide bonds. The summed E-state index contributed by atoms with van der Waals surface area (Å²) in [5.41, 5.74) is -0.893. The van der Waals surface area contributed by atoms with E-state index >= 15 is 0 Å². The second-order valence-corrected chi connectivity index (χ2v) is 12.4. The fourth-order valence-electron chi connectivity index (χ4n) is 8.75. The van der Waals surface area contributed by atoms with Gasteiger partial charge in [-0.15, -0.1) is 0 Å². The van der Waals surface area contributed by atoms with E-state index in [-0.39, 0.29) is 23.5 Å². The molecule has 9 atom stereocenters. The van der Waals surface area contributed by atoms with Crippen molar-refractivity contribution in [3.8, 4) is 0 Å². The number of ketones is 1. The van der Waals surface area contributed by atoms with E-state index in [2.05, 4.69) is 19.9 Å². The lowest BCUT2D eigenvalue weighted by Crippen LogP contribution is -2.66. The van der Waals surface area contributed by atoms with Crippen LogP contribution >= 0.6 is 0 Å². The third-order valence-corrected chi connectivity index (χ3v) is 10.5. The predicted molar refractivity (Wildman–Crippen MR) is 126 cm³/mol. The minimum atomic E-state index is -1.33. The van der Waals surface area contributed by atoms with E-state index in [0.717, 1.165) is 5.57 Å². The van der Waals surface area contributed by atoms with Gasteiger partial charge in [0.25, 0.3) is 0 Å². The van der Waals surface area contributed by atoms with E-state index in [1.54, 1.807) is 6.08 Å². The Balaban J connectivity index is 1.66. The summed E-state index contributed by atoms with van der Waals surface area (Å²) in [6.07, 6.45) is 6.14. The van der Waals surface area contributed by atoms with Crippen molar-refractivity contribution < 1.29 is 34.1 Å². The molecule has 0 aromatic carbocycles. The molecule has 4 aliphatic carbocycles. The molecule has 0 bridgehead atoms. The maximum atomic E-state index is 12.8. The minimum Gasteiger partial charge on any atom is -0.462 e. The number of esters is 2.